The number of ketones is 1. The summed E-state index contributed by atoms with van der Waals surface area (Å²) in [5.74, 6) is 0.882. The largest absolute Gasteiger partial charge is 0.493 e. The molecule has 0 radical (unpaired) electrons. The van der Waals surface area contributed by atoms with E-state index in [9.17, 15) is 4.79 Å². The van der Waals surface area contributed by atoms with Crippen LogP contribution in [0.3, 0.4) is 0 Å². The summed E-state index contributed by atoms with van der Waals surface area (Å²) in [6.07, 6.45) is 3.15. The number of benzene rings is 2. The molecule has 128 valence electrons. The number of hydrogen-bond donors (Lipinski definition) is 0. The Bertz CT molecular complexity index is 806. The van der Waals surface area contributed by atoms with Crippen molar-refractivity contribution in [3.63, 3.8) is 0 Å². The zero-order chi connectivity index (χ0) is 18.1. The van der Waals surface area contributed by atoms with Crippen LogP contribution in [0, 0.1) is 11.3 Å². The van der Waals surface area contributed by atoms with Crippen molar-refractivity contribution in [2.24, 2.45) is 0 Å². The van der Waals surface area contributed by atoms with Crippen molar-refractivity contribution in [2.75, 3.05) is 27.4 Å². The van der Waals surface area contributed by atoms with Gasteiger partial charge in [0.2, 0.25) is 0 Å². The highest BCUT2D eigenvalue weighted by atomic mass is 16.5. The van der Waals surface area contributed by atoms with Gasteiger partial charge >= 0.3 is 0 Å². The lowest BCUT2D eigenvalue weighted by atomic mass is 10.1. The maximum absolute atomic E-state index is 12.3. The average Bonchev–Trinajstić information content (AvgIpc) is 2.66. The van der Waals surface area contributed by atoms with Gasteiger partial charge in [-0.1, -0.05) is 18.2 Å². The first-order chi connectivity index (χ1) is 12.2. The van der Waals surface area contributed by atoms with Crippen molar-refractivity contribution in [3.05, 3.63) is 65.2 Å². The van der Waals surface area contributed by atoms with Crippen LogP contribution in [0.5, 0.6) is 11.5 Å². The molecule has 0 N–H and O–H groups in total. The number of allylic oxidation sites excluding steroid dienone is 1. The number of carbonyl (C=O) groups is 1. The van der Waals surface area contributed by atoms with Crippen LogP contribution in [0.4, 0.5) is 0 Å². The van der Waals surface area contributed by atoms with Gasteiger partial charge in [-0.25, -0.2) is 0 Å². The molecule has 2 rings (SSSR count). The summed E-state index contributed by atoms with van der Waals surface area (Å²) >= 11 is 0. The number of carbonyl (C=O) groups excluding carboxylic acids is 1. The third kappa shape index (κ3) is 5.20. The molecule has 0 aliphatic heterocycles. The van der Waals surface area contributed by atoms with E-state index in [4.69, 9.17) is 19.5 Å². The second kappa shape index (κ2) is 9.26. The zero-order valence-electron chi connectivity index (χ0n) is 14.2. The van der Waals surface area contributed by atoms with Gasteiger partial charge in [0.25, 0.3) is 0 Å². The number of methoxy groups -OCH3 is 2. The Morgan fingerprint density at radius 2 is 1.96 bits per heavy atom. The molecule has 0 unspecified atom stereocenters. The number of hydrogen-bond acceptors (Lipinski definition) is 5. The quantitative estimate of drug-likeness (QED) is 0.419. The van der Waals surface area contributed by atoms with Gasteiger partial charge in [0.05, 0.1) is 25.3 Å². The highest BCUT2D eigenvalue weighted by Crippen LogP contribution is 2.28. The molecule has 0 aromatic heterocycles. The fraction of sp³-hybridized carbons (Fsp3) is 0.200. The summed E-state index contributed by atoms with van der Waals surface area (Å²) in [4.78, 5) is 12.3. The highest BCUT2D eigenvalue weighted by molar-refractivity contribution is 6.07. The Morgan fingerprint density at radius 3 is 2.68 bits per heavy atom. The summed E-state index contributed by atoms with van der Waals surface area (Å²) in [7, 11) is 3.12. The van der Waals surface area contributed by atoms with Gasteiger partial charge in [0, 0.05) is 12.7 Å². The monoisotopic (exact) mass is 337 g/mol. The molecule has 0 spiro atoms. The van der Waals surface area contributed by atoms with Crippen LogP contribution >= 0.6 is 0 Å². The van der Waals surface area contributed by atoms with Crippen molar-refractivity contribution in [3.8, 4) is 17.6 Å². The molecule has 0 heterocycles. The van der Waals surface area contributed by atoms with Crippen molar-refractivity contribution < 1.29 is 19.0 Å². The molecule has 5 heteroatoms. The Kier molecular flexibility index (Phi) is 6.76. The number of ether oxygens (including phenoxy) is 3. The summed E-state index contributed by atoms with van der Waals surface area (Å²) in [6, 6.07) is 14.1. The topological polar surface area (TPSA) is 68.5 Å². The Hall–Kier alpha value is -3.10. The molecule has 25 heavy (non-hydrogen) atoms. The van der Waals surface area contributed by atoms with Gasteiger partial charge in [0.1, 0.15) is 6.61 Å². The normalized spacial score (nSPS) is 10.4. The number of nitrogens with zero attached hydrogens (tertiary/aromatic N) is 1. The minimum absolute atomic E-state index is 0.163. The van der Waals surface area contributed by atoms with Crippen LogP contribution in [0.1, 0.15) is 21.5 Å². The third-order valence-corrected chi connectivity index (χ3v) is 3.44. The van der Waals surface area contributed by atoms with Crippen LogP contribution in [0.2, 0.25) is 0 Å². The Labute approximate surface area is 147 Å². The van der Waals surface area contributed by atoms with Crippen molar-refractivity contribution >= 4 is 11.9 Å². The fourth-order valence-corrected chi connectivity index (χ4v) is 2.16. The summed E-state index contributed by atoms with van der Waals surface area (Å²) < 4.78 is 15.8. The van der Waals surface area contributed by atoms with Crippen molar-refractivity contribution in [1.82, 2.24) is 0 Å². The fourth-order valence-electron chi connectivity index (χ4n) is 2.16. The first kappa shape index (κ1) is 18.2. The molecular weight excluding hydrogens is 318 g/mol. The lowest BCUT2D eigenvalue weighted by molar-refractivity contribution is 0.104. The first-order valence-electron chi connectivity index (χ1n) is 7.70. The standard InChI is InChI=1S/C20H19NO4/c1-23-10-11-25-19-9-7-17(13-20(19)24-2)18(22)8-6-15-4-3-5-16(12-15)14-21/h3-9,12-13H,10-11H2,1-2H3. The molecule has 0 atom stereocenters. The molecule has 5 nitrogen and oxygen atoms in total. The van der Waals surface area contributed by atoms with E-state index < -0.39 is 0 Å². The maximum Gasteiger partial charge on any atom is 0.185 e. The van der Waals surface area contributed by atoms with E-state index >= 15 is 0 Å². The predicted molar refractivity (Wildman–Crippen MR) is 94.9 cm³/mol. The third-order valence-electron chi connectivity index (χ3n) is 3.44. The van der Waals surface area contributed by atoms with E-state index in [1.807, 2.05) is 6.07 Å². The van der Waals surface area contributed by atoms with E-state index in [0.29, 0.717) is 35.8 Å². The summed E-state index contributed by atoms with van der Waals surface area (Å²) in [6.45, 7) is 0.865. The van der Waals surface area contributed by atoms with E-state index in [1.165, 1.54) is 13.2 Å². The highest BCUT2D eigenvalue weighted by Gasteiger charge is 2.09. The molecule has 0 amide bonds. The lowest BCUT2D eigenvalue weighted by Crippen LogP contribution is -2.06. The van der Waals surface area contributed by atoms with Gasteiger partial charge in [0.15, 0.2) is 17.3 Å². The molecule has 0 saturated heterocycles. The van der Waals surface area contributed by atoms with Crippen LogP contribution in [0.25, 0.3) is 6.08 Å². The number of rotatable bonds is 8. The lowest BCUT2D eigenvalue weighted by Gasteiger charge is -2.11. The van der Waals surface area contributed by atoms with Gasteiger partial charge in [-0.15, -0.1) is 0 Å². The van der Waals surface area contributed by atoms with Crippen LogP contribution < -0.4 is 9.47 Å². The van der Waals surface area contributed by atoms with Crippen molar-refractivity contribution in [2.45, 2.75) is 0 Å². The maximum atomic E-state index is 12.3. The molecule has 0 bridgehead atoms. The van der Waals surface area contributed by atoms with E-state index in [2.05, 4.69) is 6.07 Å². The first-order valence-corrected chi connectivity index (χ1v) is 7.70. The smallest absolute Gasteiger partial charge is 0.185 e. The van der Waals surface area contributed by atoms with Crippen LogP contribution in [0.15, 0.2) is 48.5 Å². The van der Waals surface area contributed by atoms with Crippen molar-refractivity contribution in [1.29, 1.82) is 5.26 Å². The zero-order valence-corrected chi connectivity index (χ0v) is 14.2. The van der Waals surface area contributed by atoms with Gasteiger partial charge in [-0.3, -0.25) is 4.79 Å². The molecule has 0 saturated carbocycles. The van der Waals surface area contributed by atoms with E-state index in [0.717, 1.165) is 5.56 Å². The summed E-state index contributed by atoms with van der Waals surface area (Å²) in [5, 5.41) is 8.90. The Balaban J connectivity index is 2.13. The molecule has 2 aromatic rings. The van der Waals surface area contributed by atoms with Gasteiger partial charge in [-0.05, 0) is 42.0 Å². The summed E-state index contributed by atoms with van der Waals surface area (Å²) in [5.41, 5.74) is 1.83. The molecular formula is C20H19NO4. The average molecular weight is 337 g/mol. The van der Waals surface area contributed by atoms with E-state index in [-0.39, 0.29) is 5.78 Å². The van der Waals surface area contributed by atoms with Gasteiger partial charge < -0.3 is 14.2 Å². The molecule has 0 fully saturated rings. The Morgan fingerprint density at radius 1 is 1.12 bits per heavy atom. The SMILES string of the molecule is COCCOc1ccc(C(=O)C=Cc2cccc(C#N)c2)cc1OC. The second-order valence-electron chi connectivity index (χ2n) is 5.14. The predicted octanol–water partition coefficient (Wildman–Crippen LogP) is 3.49. The van der Waals surface area contributed by atoms with Crippen LogP contribution in [-0.4, -0.2) is 33.2 Å². The van der Waals surface area contributed by atoms with E-state index in [1.54, 1.807) is 49.6 Å². The second-order valence-corrected chi connectivity index (χ2v) is 5.14. The minimum atomic E-state index is -0.163. The molecule has 0 aliphatic carbocycles. The minimum Gasteiger partial charge on any atom is -0.493 e. The van der Waals surface area contributed by atoms with Crippen LogP contribution in [-0.2, 0) is 4.74 Å². The van der Waals surface area contributed by atoms with Gasteiger partial charge in [-0.2, -0.15) is 5.26 Å². The molecule has 0 aliphatic rings. The molecule has 2 aromatic carbocycles. The number of nitriles is 1.